The number of fused-ring (bicyclic) bond motifs is 2. The Balaban J connectivity index is 1.57. The van der Waals surface area contributed by atoms with Gasteiger partial charge in [-0.15, -0.1) is 0 Å². The molecule has 5 nitrogen and oxygen atoms in total. The van der Waals surface area contributed by atoms with Gasteiger partial charge in [0.15, 0.2) is 5.78 Å². The van der Waals surface area contributed by atoms with Crippen LogP contribution in [0.4, 0.5) is 4.79 Å². The van der Waals surface area contributed by atoms with E-state index in [1.807, 2.05) is 48.6 Å². The molecule has 0 radical (unpaired) electrons. The Kier molecular flexibility index (Phi) is 4.24. The van der Waals surface area contributed by atoms with Gasteiger partial charge in [0.05, 0.1) is 12.1 Å². The molecule has 142 valence electrons. The number of carbonyl (C=O) groups excluding carboxylic acids is 2. The number of benzene rings is 2. The average molecular weight is 375 g/mol. The fourth-order valence-corrected chi connectivity index (χ4v) is 4.62. The zero-order valence-electron chi connectivity index (χ0n) is 15.3. The first-order valence-electron chi connectivity index (χ1n) is 9.64. The number of hydrogen-bond acceptors (Lipinski definition) is 4. The molecular weight excluding hydrogens is 354 g/mol. The molecule has 0 spiro atoms. The number of amides is 1. The Morgan fingerprint density at radius 2 is 1.54 bits per heavy atom. The molecule has 0 aliphatic carbocycles. The summed E-state index contributed by atoms with van der Waals surface area (Å²) in [5.41, 5.74) is 2.18. The molecular formula is C23H21NO4. The number of cyclic esters (lactones) is 1. The summed E-state index contributed by atoms with van der Waals surface area (Å²) in [5.74, 6) is -0.0558. The summed E-state index contributed by atoms with van der Waals surface area (Å²) in [6, 6.07) is 19.2. The number of ketones is 1. The third-order valence-electron chi connectivity index (χ3n) is 5.84. The summed E-state index contributed by atoms with van der Waals surface area (Å²) >= 11 is 0. The third kappa shape index (κ3) is 2.83. The lowest BCUT2D eigenvalue weighted by atomic mass is 9.83. The van der Waals surface area contributed by atoms with Crippen molar-refractivity contribution in [2.75, 3.05) is 6.61 Å². The van der Waals surface area contributed by atoms with Crippen molar-refractivity contribution in [1.29, 1.82) is 0 Å². The molecule has 28 heavy (non-hydrogen) atoms. The van der Waals surface area contributed by atoms with Crippen LogP contribution >= 0.6 is 0 Å². The van der Waals surface area contributed by atoms with Crippen LogP contribution in [0.2, 0.25) is 0 Å². The molecule has 2 bridgehead atoms. The Labute approximate surface area is 163 Å². The minimum absolute atomic E-state index is 0.0370. The van der Waals surface area contributed by atoms with E-state index in [9.17, 15) is 9.59 Å². The standard InChI is InChI=1S/C23H21NO4/c25-19-13-17-11-12-20(28-17)22(19)24-18(14-27-23(24)26)21(15-7-3-1-4-8-15)16-9-5-2-6-10-16/h1-12,17-18,20-22H,13-14H2/t17?,18-,20-,22?/m0/s1. The molecule has 3 aliphatic rings. The summed E-state index contributed by atoms with van der Waals surface area (Å²) < 4.78 is 11.4. The van der Waals surface area contributed by atoms with Crippen molar-refractivity contribution in [1.82, 2.24) is 4.90 Å². The van der Waals surface area contributed by atoms with Crippen LogP contribution in [-0.2, 0) is 14.3 Å². The lowest BCUT2D eigenvalue weighted by Gasteiger charge is -2.39. The first-order chi connectivity index (χ1) is 13.7. The van der Waals surface area contributed by atoms with Gasteiger partial charge in [0.1, 0.15) is 18.8 Å². The Hall–Kier alpha value is -2.92. The fourth-order valence-electron chi connectivity index (χ4n) is 4.62. The summed E-state index contributed by atoms with van der Waals surface area (Å²) in [4.78, 5) is 27.2. The van der Waals surface area contributed by atoms with Crippen molar-refractivity contribution in [2.24, 2.45) is 0 Å². The molecule has 0 N–H and O–H groups in total. The van der Waals surface area contributed by atoms with E-state index in [0.717, 1.165) is 11.1 Å². The van der Waals surface area contributed by atoms with E-state index in [0.29, 0.717) is 6.42 Å². The minimum Gasteiger partial charge on any atom is -0.447 e. The second kappa shape index (κ2) is 6.91. The van der Waals surface area contributed by atoms with Crippen molar-refractivity contribution >= 4 is 11.9 Å². The number of carbonyl (C=O) groups is 2. The van der Waals surface area contributed by atoms with Crippen molar-refractivity contribution < 1.29 is 19.1 Å². The van der Waals surface area contributed by atoms with Crippen LogP contribution in [0.3, 0.4) is 0 Å². The molecule has 5 heteroatoms. The molecule has 2 unspecified atom stereocenters. The first-order valence-corrected chi connectivity index (χ1v) is 9.64. The second-order valence-corrected chi connectivity index (χ2v) is 7.49. The number of Topliss-reactive ketones (excluding diaryl/α,β-unsaturated/α-hetero) is 1. The first kappa shape index (κ1) is 17.2. The van der Waals surface area contributed by atoms with Crippen LogP contribution in [0.5, 0.6) is 0 Å². The van der Waals surface area contributed by atoms with Gasteiger partial charge in [-0.05, 0) is 11.1 Å². The maximum atomic E-state index is 12.9. The molecule has 3 heterocycles. The monoisotopic (exact) mass is 375 g/mol. The Morgan fingerprint density at radius 1 is 0.893 bits per heavy atom. The van der Waals surface area contributed by atoms with Crippen molar-refractivity contribution in [3.05, 3.63) is 83.9 Å². The molecule has 2 aromatic rings. The predicted molar refractivity (Wildman–Crippen MR) is 103 cm³/mol. The van der Waals surface area contributed by atoms with E-state index in [1.54, 1.807) is 4.90 Å². The molecule has 2 aromatic carbocycles. The van der Waals surface area contributed by atoms with Gasteiger partial charge in [-0.1, -0.05) is 72.8 Å². The van der Waals surface area contributed by atoms with Crippen LogP contribution in [-0.4, -0.2) is 47.7 Å². The SMILES string of the molecule is O=C1CC2C=C[C@H](O2)C1N1C(=O)OC[C@H]1C(c1ccccc1)c1ccccc1. The van der Waals surface area contributed by atoms with Crippen molar-refractivity contribution in [3.63, 3.8) is 0 Å². The normalized spacial score (nSPS) is 28.8. The van der Waals surface area contributed by atoms with Gasteiger partial charge in [-0.25, -0.2) is 4.79 Å². The van der Waals surface area contributed by atoms with E-state index < -0.39 is 18.2 Å². The highest BCUT2D eigenvalue weighted by atomic mass is 16.6. The predicted octanol–water partition coefficient (Wildman–Crippen LogP) is 3.30. The molecule has 0 aromatic heterocycles. The van der Waals surface area contributed by atoms with Gasteiger partial charge in [-0.3, -0.25) is 9.69 Å². The maximum absolute atomic E-state index is 12.9. The van der Waals surface area contributed by atoms with Gasteiger partial charge >= 0.3 is 6.09 Å². The Morgan fingerprint density at radius 3 is 2.18 bits per heavy atom. The molecule has 5 rings (SSSR count). The summed E-state index contributed by atoms with van der Waals surface area (Å²) in [6.45, 7) is 0.247. The topological polar surface area (TPSA) is 55.8 Å². The Bertz CT molecular complexity index is 871. The highest BCUT2D eigenvalue weighted by Crippen LogP contribution is 2.38. The van der Waals surface area contributed by atoms with E-state index >= 15 is 0 Å². The summed E-state index contributed by atoms with van der Waals surface area (Å²) in [6.07, 6.45) is 3.13. The maximum Gasteiger partial charge on any atom is 0.410 e. The van der Waals surface area contributed by atoms with Gasteiger partial charge in [0.2, 0.25) is 0 Å². The number of nitrogens with zero attached hydrogens (tertiary/aromatic N) is 1. The van der Waals surface area contributed by atoms with E-state index in [1.165, 1.54) is 0 Å². The molecule has 3 aliphatic heterocycles. The zero-order valence-corrected chi connectivity index (χ0v) is 15.3. The molecule has 0 saturated carbocycles. The lowest BCUT2D eigenvalue weighted by molar-refractivity contribution is -0.138. The van der Waals surface area contributed by atoms with Crippen LogP contribution in [0, 0.1) is 0 Å². The molecule has 1 amide bonds. The number of rotatable bonds is 4. The fraction of sp³-hybridized carbons (Fsp3) is 0.304. The van der Waals surface area contributed by atoms with E-state index in [2.05, 4.69) is 24.3 Å². The summed E-state index contributed by atoms with van der Waals surface area (Å²) in [5, 5.41) is 0. The van der Waals surface area contributed by atoms with Gasteiger partial charge in [0.25, 0.3) is 0 Å². The van der Waals surface area contributed by atoms with Crippen LogP contribution < -0.4 is 0 Å². The number of hydrogen-bond donors (Lipinski definition) is 0. The van der Waals surface area contributed by atoms with Gasteiger partial charge in [0, 0.05) is 12.3 Å². The van der Waals surface area contributed by atoms with Crippen molar-refractivity contribution in [3.8, 4) is 0 Å². The molecule has 4 atom stereocenters. The van der Waals surface area contributed by atoms with Crippen LogP contribution in [0.1, 0.15) is 23.5 Å². The summed E-state index contributed by atoms with van der Waals surface area (Å²) in [7, 11) is 0. The highest BCUT2D eigenvalue weighted by Gasteiger charge is 2.51. The average Bonchev–Trinajstić information content (AvgIpc) is 3.29. The minimum atomic E-state index is -0.634. The van der Waals surface area contributed by atoms with Crippen LogP contribution in [0.25, 0.3) is 0 Å². The van der Waals surface area contributed by atoms with E-state index in [-0.39, 0.29) is 30.5 Å². The lowest BCUT2D eigenvalue weighted by Crippen LogP contribution is -2.56. The van der Waals surface area contributed by atoms with Gasteiger partial charge < -0.3 is 9.47 Å². The quantitative estimate of drug-likeness (QED) is 0.770. The van der Waals surface area contributed by atoms with Gasteiger partial charge in [-0.2, -0.15) is 0 Å². The second-order valence-electron chi connectivity index (χ2n) is 7.49. The molecule has 2 saturated heterocycles. The third-order valence-corrected chi connectivity index (χ3v) is 5.84. The van der Waals surface area contributed by atoms with Crippen LogP contribution in [0.15, 0.2) is 72.8 Å². The van der Waals surface area contributed by atoms with E-state index in [4.69, 9.17) is 9.47 Å². The highest BCUT2D eigenvalue weighted by molar-refractivity contribution is 5.90. The zero-order chi connectivity index (χ0) is 19.1. The number of ether oxygens (including phenoxy) is 2. The molecule has 2 fully saturated rings. The van der Waals surface area contributed by atoms with Crippen molar-refractivity contribution in [2.45, 2.75) is 36.6 Å². The largest absolute Gasteiger partial charge is 0.447 e. The smallest absolute Gasteiger partial charge is 0.410 e.